The van der Waals surface area contributed by atoms with E-state index >= 15 is 0 Å². The summed E-state index contributed by atoms with van der Waals surface area (Å²) in [6.45, 7) is 8.96. The van der Waals surface area contributed by atoms with Crippen LogP contribution in [0.25, 0.3) is 0 Å². The molecule has 2 aromatic heterocycles. The minimum atomic E-state index is -0.102. The Bertz CT molecular complexity index is 571. The molecule has 1 saturated heterocycles. The first-order chi connectivity index (χ1) is 10.0. The first kappa shape index (κ1) is 14.2. The molecule has 0 spiro atoms. The van der Waals surface area contributed by atoms with Gasteiger partial charge in [0.15, 0.2) is 5.82 Å². The molecule has 1 N–H and O–H groups in total. The van der Waals surface area contributed by atoms with E-state index in [1.807, 2.05) is 0 Å². The molecule has 1 atom stereocenters. The zero-order chi connectivity index (χ0) is 14.9. The fourth-order valence-electron chi connectivity index (χ4n) is 2.66. The van der Waals surface area contributed by atoms with Gasteiger partial charge >= 0.3 is 0 Å². The van der Waals surface area contributed by atoms with Crippen LogP contribution in [-0.4, -0.2) is 43.3 Å². The molecule has 21 heavy (non-hydrogen) atoms. The molecule has 3 heterocycles. The fourth-order valence-corrected chi connectivity index (χ4v) is 2.66. The molecular formula is C14H22N6O. The average Bonchev–Trinajstić information content (AvgIpc) is 3.09. The van der Waals surface area contributed by atoms with Crippen LogP contribution in [0.5, 0.6) is 0 Å². The highest BCUT2D eigenvalue weighted by Gasteiger charge is 2.26. The molecule has 0 aliphatic carbocycles. The van der Waals surface area contributed by atoms with Crippen LogP contribution in [0.3, 0.4) is 0 Å². The maximum atomic E-state index is 5.35. The Balaban J connectivity index is 1.63. The lowest BCUT2D eigenvalue weighted by atomic mass is 9.97. The van der Waals surface area contributed by atoms with E-state index in [9.17, 15) is 0 Å². The number of nitrogens with zero attached hydrogens (tertiary/aromatic N) is 5. The zero-order valence-electron chi connectivity index (χ0n) is 12.8. The smallest absolute Gasteiger partial charge is 0.232 e. The van der Waals surface area contributed by atoms with Crippen LogP contribution in [0.2, 0.25) is 0 Å². The number of hydrogen-bond acceptors (Lipinski definition) is 6. The molecule has 0 unspecified atom stereocenters. The zero-order valence-corrected chi connectivity index (χ0v) is 12.8. The Labute approximate surface area is 124 Å². The number of nitrogens with one attached hydrogen (secondary N) is 1. The summed E-state index contributed by atoms with van der Waals surface area (Å²) in [5.74, 6) is 2.85. The molecule has 114 valence electrons. The van der Waals surface area contributed by atoms with Gasteiger partial charge in [-0.15, -0.1) is 0 Å². The van der Waals surface area contributed by atoms with E-state index < -0.39 is 0 Å². The minimum Gasteiger partial charge on any atom is -0.339 e. The number of aromatic nitrogens is 5. The molecule has 1 aliphatic rings. The third kappa shape index (κ3) is 3.29. The van der Waals surface area contributed by atoms with Crippen molar-refractivity contribution < 1.29 is 4.52 Å². The van der Waals surface area contributed by atoms with Crippen molar-refractivity contribution in [3.63, 3.8) is 0 Å². The van der Waals surface area contributed by atoms with Crippen molar-refractivity contribution in [1.82, 2.24) is 30.2 Å². The van der Waals surface area contributed by atoms with Crippen LogP contribution in [0.15, 0.2) is 10.9 Å². The second-order valence-electron chi connectivity index (χ2n) is 6.71. The van der Waals surface area contributed by atoms with E-state index in [-0.39, 0.29) is 5.41 Å². The van der Waals surface area contributed by atoms with Crippen LogP contribution in [-0.2, 0) is 12.0 Å². The highest BCUT2D eigenvalue weighted by Crippen LogP contribution is 2.25. The predicted molar refractivity (Wildman–Crippen MR) is 76.6 cm³/mol. The first-order valence-corrected chi connectivity index (χ1v) is 7.43. The van der Waals surface area contributed by atoms with Crippen LogP contribution >= 0.6 is 0 Å². The Hall–Kier alpha value is -1.76. The van der Waals surface area contributed by atoms with Gasteiger partial charge in [0.1, 0.15) is 12.2 Å². The summed E-state index contributed by atoms with van der Waals surface area (Å²) in [7, 11) is 0. The Morgan fingerprint density at radius 1 is 1.43 bits per heavy atom. The van der Waals surface area contributed by atoms with E-state index in [1.54, 1.807) is 6.33 Å². The standard InChI is InChI=1S/C14H22N6O/c1-14(2,3)13-17-11(19-21-13)8-20-6-4-5-10(7-20)12-15-9-16-18-12/h9-10H,4-8H2,1-3H3,(H,15,16,18)/t10-/m0/s1. The number of H-pyrrole nitrogens is 1. The van der Waals surface area contributed by atoms with Gasteiger partial charge in [-0.25, -0.2) is 4.98 Å². The normalized spacial score (nSPS) is 20.8. The largest absolute Gasteiger partial charge is 0.339 e. The summed E-state index contributed by atoms with van der Waals surface area (Å²) in [4.78, 5) is 11.1. The molecule has 0 aromatic carbocycles. The Morgan fingerprint density at radius 2 is 2.29 bits per heavy atom. The van der Waals surface area contributed by atoms with Crippen molar-refractivity contribution >= 4 is 0 Å². The molecule has 7 nitrogen and oxygen atoms in total. The summed E-state index contributed by atoms with van der Waals surface area (Å²) >= 11 is 0. The summed E-state index contributed by atoms with van der Waals surface area (Å²) < 4.78 is 5.35. The lowest BCUT2D eigenvalue weighted by molar-refractivity contribution is 0.190. The maximum absolute atomic E-state index is 5.35. The number of aromatic amines is 1. The molecule has 0 saturated carbocycles. The number of likely N-dealkylation sites (tertiary alicyclic amines) is 1. The van der Waals surface area contributed by atoms with Crippen LogP contribution in [0.4, 0.5) is 0 Å². The first-order valence-electron chi connectivity index (χ1n) is 7.43. The van der Waals surface area contributed by atoms with E-state index in [4.69, 9.17) is 4.52 Å². The van der Waals surface area contributed by atoms with E-state index in [0.717, 1.165) is 44.1 Å². The topological polar surface area (TPSA) is 83.7 Å². The average molecular weight is 290 g/mol. The summed E-state index contributed by atoms with van der Waals surface area (Å²) in [6, 6.07) is 0. The lowest BCUT2D eigenvalue weighted by Gasteiger charge is -2.30. The number of piperidine rings is 1. The number of rotatable bonds is 3. The third-order valence-electron chi connectivity index (χ3n) is 3.80. The van der Waals surface area contributed by atoms with Crippen molar-refractivity contribution in [2.75, 3.05) is 13.1 Å². The highest BCUT2D eigenvalue weighted by atomic mass is 16.5. The van der Waals surface area contributed by atoms with Gasteiger partial charge in [-0.2, -0.15) is 10.1 Å². The fraction of sp³-hybridized carbons (Fsp3) is 0.714. The molecule has 7 heteroatoms. The molecule has 3 rings (SSSR count). The summed E-state index contributed by atoms with van der Waals surface area (Å²) in [6.07, 6.45) is 3.86. The third-order valence-corrected chi connectivity index (χ3v) is 3.80. The molecule has 0 radical (unpaired) electrons. The van der Waals surface area contributed by atoms with E-state index in [2.05, 4.69) is 51.0 Å². The molecule has 0 amide bonds. The maximum Gasteiger partial charge on any atom is 0.232 e. The minimum absolute atomic E-state index is 0.102. The van der Waals surface area contributed by atoms with Crippen LogP contribution < -0.4 is 0 Å². The Morgan fingerprint density at radius 3 is 2.95 bits per heavy atom. The SMILES string of the molecule is CC(C)(C)c1nc(CN2CCC[C@H](c3ncn[nH]3)C2)no1. The monoisotopic (exact) mass is 290 g/mol. The molecule has 0 bridgehead atoms. The second-order valence-corrected chi connectivity index (χ2v) is 6.71. The Kier molecular flexibility index (Phi) is 3.75. The second kappa shape index (κ2) is 5.55. The van der Waals surface area contributed by atoms with Gasteiger partial charge in [-0.1, -0.05) is 25.9 Å². The molecule has 1 aliphatic heterocycles. The van der Waals surface area contributed by atoms with Gasteiger partial charge in [0.25, 0.3) is 0 Å². The molecule has 1 fully saturated rings. The lowest BCUT2D eigenvalue weighted by Crippen LogP contribution is -2.34. The van der Waals surface area contributed by atoms with Gasteiger partial charge in [0.05, 0.1) is 6.54 Å². The number of hydrogen-bond donors (Lipinski definition) is 1. The molecule has 2 aromatic rings. The van der Waals surface area contributed by atoms with Crippen molar-refractivity contribution in [3.8, 4) is 0 Å². The summed E-state index contributed by atoms with van der Waals surface area (Å²) in [5.41, 5.74) is -0.102. The quantitative estimate of drug-likeness (QED) is 0.929. The van der Waals surface area contributed by atoms with Gasteiger partial charge in [-0.3, -0.25) is 10.00 Å². The van der Waals surface area contributed by atoms with E-state index in [1.165, 1.54) is 0 Å². The van der Waals surface area contributed by atoms with Gasteiger partial charge in [0, 0.05) is 17.9 Å². The highest BCUT2D eigenvalue weighted by molar-refractivity contribution is 5.00. The van der Waals surface area contributed by atoms with Crippen LogP contribution in [0, 0.1) is 0 Å². The van der Waals surface area contributed by atoms with Crippen LogP contribution in [0.1, 0.15) is 57.1 Å². The van der Waals surface area contributed by atoms with Gasteiger partial charge in [0.2, 0.25) is 5.89 Å². The predicted octanol–water partition coefficient (Wildman–Crippen LogP) is 1.86. The molecular weight excluding hydrogens is 268 g/mol. The summed E-state index contributed by atoms with van der Waals surface area (Å²) in [5, 5.41) is 11.0. The van der Waals surface area contributed by atoms with Crippen molar-refractivity contribution in [1.29, 1.82) is 0 Å². The van der Waals surface area contributed by atoms with Crippen molar-refractivity contribution in [2.45, 2.75) is 51.5 Å². The van der Waals surface area contributed by atoms with Gasteiger partial charge in [-0.05, 0) is 19.4 Å². The van der Waals surface area contributed by atoms with Gasteiger partial charge < -0.3 is 4.52 Å². The van der Waals surface area contributed by atoms with Crippen molar-refractivity contribution in [2.24, 2.45) is 0 Å². The van der Waals surface area contributed by atoms with E-state index in [0.29, 0.717) is 11.8 Å². The van der Waals surface area contributed by atoms with Crippen molar-refractivity contribution in [3.05, 3.63) is 23.9 Å².